The van der Waals surface area contributed by atoms with E-state index in [0.717, 1.165) is 0 Å². The molecule has 0 spiro atoms. The molecule has 8 heteroatoms. The van der Waals surface area contributed by atoms with Crippen molar-refractivity contribution in [1.82, 2.24) is 4.72 Å². The first-order valence-electron chi connectivity index (χ1n) is 5.48. The molecule has 1 unspecified atom stereocenters. The van der Waals surface area contributed by atoms with Gasteiger partial charge >= 0.3 is 5.97 Å². The molecule has 0 heterocycles. The van der Waals surface area contributed by atoms with Crippen LogP contribution in [0.3, 0.4) is 0 Å². The first-order valence-corrected chi connectivity index (χ1v) is 8.13. The molecule has 1 rings (SSSR count). The lowest BCUT2D eigenvalue weighted by Gasteiger charge is -2.14. The highest BCUT2D eigenvalue weighted by molar-refractivity contribution is 9.10. The van der Waals surface area contributed by atoms with Gasteiger partial charge in [0, 0.05) is 9.50 Å². The Kier molecular flexibility index (Phi) is 5.79. The maximum Gasteiger partial charge on any atom is 0.321 e. The Hall–Kier alpha value is -0.630. The van der Waals surface area contributed by atoms with E-state index in [2.05, 4.69) is 20.7 Å². The van der Waals surface area contributed by atoms with Gasteiger partial charge in [0.2, 0.25) is 10.0 Å². The number of hydrogen-bond donors (Lipinski definition) is 2. The van der Waals surface area contributed by atoms with Crippen LogP contribution in [0.15, 0.2) is 27.6 Å². The Bertz CT molecular complexity index is 576. The van der Waals surface area contributed by atoms with Gasteiger partial charge in [0.15, 0.2) is 0 Å². The van der Waals surface area contributed by atoms with Crippen LogP contribution in [0.2, 0.25) is 5.02 Å². The minimum absolute atomic E-state index is 0.0812. The number of nitrogens with one attached hydrogen (secondary N) is 1. The fourth-order valence-electron chi connectivity index (χ4n) is 1.46. The number of carboxylic acid groups (broad SMARTS) is 1. The third kappa shape index (κ3) is 4.45. The van der Waals surface area contributed by atoms with Crippen LogP contribution in [0.5, 0.6) is 0 Å². The molecule has 0 radical (unpaired) electrons. The number of carboxylic acids is 1. The van der Waals surface area contributed by atoms with Gasteiger partial charge in [0.25, 0.3) is 0 Å². The molecule has 19 heavy (non-hydrogen) atoms. The Balaban J connectivity index is 3.10. The van der Waals surface area contributed by atoms with Crippen molar-refractivity contribution < 1.29 is 18.3 Å². The third-order valence-corrected chi connectivity index (χ3v) is 5.06. The van der Waals surface area contributed by atoms with Crippen LogP contribution in [0, 0.1) is 0 Å². The zero-order valence-corrected chi connectivity index (χ0v) is 13.2. The molecule has 1 aromatic carbocycles. The minimum atomic E-state index is -3.94. The van der Waals surface area contributed by atoms with E-state index in [4.69, 9.17) is 16.7 Å². The molecule has 0 bridgehead atoms. The summed E-state index contributed by atoms with van der Waals surface area (Å²) in [5.74, 6) is -1.21. The Labute approximate surface area is 125 Å². The summed E-state index contributed by atoms with van der Waals surface area (Å²) >= 11 is 8.86. The molecule has 0 amide bonds. The van der Waals surface area contributed by atoms with Crippen LogP contribution in [-0.2, 0) is 14.8 Å². The molecule has 0 aliphatic rings. The molecule has 0 aliphatic heterocycles. The van der Waals surface area contributed by atoms with Crippen molar-refractivity contribution in [3.63, 3.8) is 0 Å². The van der Waals surface area contributed by atoms with Gasteiger partial charge in [0.1, 0.15) is 6.04 Å². The van der Waals surface area contributed by atoms with Crippen molar-refractivity contribution in [2.24, 2.45) is 0 Å². The smallest absolute Gasteiger partial charge is 0.321 e. The fraction of sp³-hybridized carbons (Fsp3) is 0.364. The highest BCUT2D eigenvalue weighted by Gasteiger charge is 2.26. The second-order valence-corrected chi connectivity index (χ2v) is 6.85. The second kappa shape index (κ2) is 6.69. The van der Waals surface area contributed by atoms with E-state index in [1.165, 1.54) is 18.2 Å². The summed E-state index contributed by atoms with van der Waals surface area (Å²) in [5.41, 5.74) is 0. The van der Waals surface area contributed by atoms with Crippen molar-refractivity contribution in [2.75, 3.05) is 0 Å². The van der Waals surface area contributed by atoms with Crippen molar-refractivity contribution >= 4 is 43.5 Å². The summed E-state index contributed by atoms with van der Waals surface area (Å²) in [6, 6.07) is 3.14. The lowest BCUT2D eigenvalue weighted by atomic mass is 10.2. The molecule has 0 aromatic heterocycles. The summed E-state index contributed by atoms with van der Waals surface area (Å²) in [5, 5.41) is 9.23. The summed E-state index contributed by atoms with van der Waals surface area (Å²) in [6.07, 6.45) is 0.767. The lowest BCUT2D eigenvalue weighted by Crippen LogP contribution is -2.40. The Morgan fingerprint density at radius 3 is 2.68 bits per heavy atom. The first-order chi connectivity index (χ1) is 8.77. The Morgan fingerprint density at radius 2 is 2.16 bits per heavy atom. The SMILES string of the molecule is CCCC(NS(=O)(=O)c1cc(Cl)ccc1Br)C(=O)O. The number of benzene rings is 1. The maximum absolute atomic E-state index is 12.1. The highest BCUT2D eigenvalue weighted by Crippen LogP contribution is 2.25. The molecule has 5 nitrogen and oxygen atoms in total. The maximum atomic E-state index is 12.1. The third-order valence-electron chi connectivity index (χ3n) is 2.36. The van der Waals surface area contributed by atoms with Crippen LogP contribution >= 0.6 is 27.5 Å². The number of carbonyl (C=O) groups is 1. The van der Waals surface area contributed by atoms with Crippen LogP contribution in [0.1, 0.15) is 19.8 Å². The van der Waals surface area contributed by atoms with Crippen molar-refractivity contribution in [3.05, 3.63) is 27.7 Å². The van der Waals surface area contributed by atoms with E-state index in [1.54, 1.807) is 6.92 Å². The lowest BCUT2D eigenvalue weighted by molar-refractivity contribution is -0.139. The second-order valence-electron chi connectivity index (χ2n) is 3.88. The van der Waals surface area contributed by atoms with Gasteiger partial charge in [-0.05, 0) is 40.5 Å². The molecular formula is C11H13BrClNO4S. The molecule has 0 saturated heterocycles. The van der Waals surface area contributed by atoms with Gasteiger partial charge in [-0.1, -0.05) is 24.9 Å². The van der Waals surface area contributed by atoms with Gasteiger partial charge in [0.05, 0.1) is 4.90 Å². The van der Waals surface area contributed by atoms with E-state index in [1.807, 2.05) is 0 Å². The average Bonchev–Trinajstić information content (AvgIpc) is 2.31. The van der Waals surface area contributed by atoms with Crippen LogP contribution in [0.4, 0.5) is 0 Å². The van der Waals surface area contributed by atoms with Crippen LogP contribution in [-0.4, -0.2) is 25.5 Å². The van der Waals surface area contributed by atoms with E-state index in [-0.39, 0.29) is 16.3 Å². The molecule has 106 valence electrons. The summed E-state index contributed by atoms with van der Waals surface area (Å²) in [7, 11) is -3.94. The number of aliphatic carboxylic acids is 1. The fourth-order valence-corrected chi connectivity index (χ4v) is 3.91. The molecule has 2 N–H and O–H groups in total. The first kappa shape index (κ1) is 16.4. The van der Waals surface area contributed by atoms with E-state index < -0.39 is 22.0 Å². The highest BCUT2D eigenvalue weighted by atomic mass is 79.9. The summed E-state index contributed by atoms with van der Waals surface area (Å²) in [4.78, 5) is 10.9. The monoisotopic (exact) mass is 369 g/mol. The van der Waals surface area contributed by atoms with Crippen LogP contribution in [0.25, 0.3) is 0 Å². The van der Waals surface area contributed by atoms with Gasteiger partial charge in [-0.2, -0.15) is 4.72 Å². The predicted molar refractivity (Wildman–Crippen MR) is 75.8 cm³/mol. The Morgan fingerprint density at radius 1 is 1.53 bits per heavy atom. The molecule has 0 aliphatic carbocycles. The number of hydrogen-bond acceptors (Lipinski definition) is 3. The van der Waals surface area contributed by atoms with Gasteiger partial charge in [-0.3, -0.25) is 4.79 Å². The van der Waals surface area contributed by atoms with Crippen molar-refractivity contribution in [3.8, 4) is 0 Å². The number of halogens is 2. The largest absolute Gasteiger partial charge is 0.480 e. The average molecular weight is 371 g/mol. The predicted octanol–water partition coefficient (Wildman–Crippen LogP) is 2.63. The molecule has 1 aromatic rings. The zero-order chi connectivity index (χ0) is 14.6. The van der Waals surface area contributed by atoms with Gasteiger partial charge in [-0.15, -0.1) is 0 Å². The normalized spacial score (nSPS) is 13.2. The van der Waals surface area contributed by atoms with Crippen molar-refractivity contribution in [1.29, 1.82) is 0 Å². The van der Waals surface area contributed by atoms with Gasteiger partial charge < -0.3 is 5.11 Å². The summed E-state index contributed by atoms with van der Waals surface area (Å²) < 4.78 is 26.7. The summed E-state index contributed by atoms with van der Waals surface area (Å²) in [6.45, 7) is 1.78. The zero-order valence-electron chi connectivity index (χ0n) is 10.1. The quantitative estimate of drug-likeness (QED) is 0.806. The topological polar surface area (TPSA) is 83.5 Å². The van der Waals surface area contributed by atoms with Crippen LogP contribution < -0.4 is 4.72 Å². The van der Waals surface area contributed by atoms with Crippen molar-refractivity contribution in [2.45, 2.75) is 30.7 Å². The molecule has 0 fully saturated rings. The van der Waals surface area contributed by atoms with Gasteiger partial charge in [-0.25, -0.2) is 8.42 Å². The molecule has 0 saturated carbocycles. The van der Waals surface area contributed by atoms with E-state index in [0.29, 0.717) is 10.9 Å². The van der Waals surface area contributed by atoms with E-state index >= 15 is 0 Å². The minimum Gasteiger partial charge on any atom is -0.480 e. The number of rotatable bonds is 6. The number of sulfonamides is 1. The molecule has 1 atom stereocenters. The molecular weight excluding hydrogens is 358 g/mol. The standard InChI is InChI=1S/C11H13BrClNO4S/c1-2-3-9(11(15)16)14-19(17,18)10-6-7(13)4-5-8(10)12/h4-6,9,14H,2-3H2,1H3,(H,15,16). The van der Waals surface area contributed by atoms with E-state index in [9.17, 15) is 13.2 Å².